The Hall–Kier alpha value is -1.07. The largest absolute Gasteiger partial charge is 0.485 e. The number of rotatable bonds is 1. The van der Waals surface area contributed by atoms with Crippen molar-refractivity contribution in [3.05, 3.63) is 23.2 Å². The minimum Gasteiger partial charge on any atom is -0.485 e. The van der Waals surface area contributed by atoms with Crippen LogP contribution in [0.4, 0.5) is 0 Å². The topological polar surface area (TPSA) is 47.6 Å². The van der Waals surface area contributed by atoms with Crippen LogP contribution in [0.15, 0.2) is 18.2 Å². The van der Waals surface area contributed by atoms with Crippen molar-refractivity contribution in [3.63, 3.8) is 0 Å². The van der Waals surface area contributed by atoms with Crippen molar-refractivity contribution in [1.82, 2.24) is 5.32 Å². The van der Waals surface area contributed by atoms with Crippen LogP contribution in [0.3, 0.4) is 0 Å². The van der Waals surface area contributed by atoms with Gasteiger partial charge in [0.2, 0.25) is 6.10 Å². The van der Waals surface area contributed by atoms with Gasteiger partial charge in [0, 0.05) is 18.1 Å². The molecule has 1 aliphatic rings. The van der Waals surface area contributed by atoms with Crippen LogP contribution in [0.1, 0.15) is 0 Å². The monoisotopic (exact) mass is 275 g/mol. The lowest BCUT2D eigenvalue weighted by molar-refractivity contribution is -0.129. The van der Waals surface area contributed by atoms with E-state index < -0.39 is 6.10 Å². The highest BCUT2D eigenvalue weighted by Gasteiger charge is 2.26. The predicted octanol–water partition coefficient (Wildman–Crippen LogP) is 1.77. The number of likely N-dealkylation sites (N-methyl/N-ethyl adjacent to an activating group) is 1. The van der Waals surface area contributed by atoms with Gasteiger partial charge in [0.15, 0.2) is 11.5 Å². The molecule has 1 atom stereocenters. The minimum absolute atomic E-state index is 0.199. The maximum atomic E-state index is 11.3. The lowest BCUT2D eigenvalue weighted by Crippen LogP contribution is -2.42. The molecule has 0 bridgehead atoms. The van der Waals surface area contributed by atoms with Crippen molar-refractivity contribution >= 4 is 30.1 Å². The fourth-order valence-electron chi connectivity index (χ4n) is 1.34. The zero-order chi connectivity index (χ0) is 12.8. The summed E-state index contributed by atoms with van der Waals surface area (Å²) in [5.74, 6) is 0.914. The van der Waals surface area contributed by atoms with Crippen molar-refractivity contribution in [3.8, 4) is 11.5 Å². The molecule has 2 rings (SSSR count). The Morgan fingerprint density at radius 2 is 2.18 bits per heavy atom. The highest BCUT2D eigenvalue weighted by atomic mass is 35.5. The lowest BCUT2D eigenvalue weighted by atomic mass is 10.2. The van der Waals surface area contributed by atoms with Crippen LogP contribution >= 0.6 is 24.2 Å². The van der Waals surface area contributed by atoms with Gasteiger partial charge in [0.25, 0.3) is 5.91 Å². The van der Waals surface area contributed by atoms with Crippen LogP contribution in [-0.4, -0.2) is 31.9 Å². The summed E-state index contributed by atoms with van der Waals surface area (Å²) in [4.78, 5) is 11.3. The van der Waals surface area contributed by atoms with E-state index in [1.807, 2.05) is 0 Å². The van der Waals surface area contributed by atoms with E-state index in [2.05, 4.69) is 17.9 Å². The van der Waals surface area contributed by atoms with Crippen LogP contribution in [0.5, 0.6) is 11.5 Å². The molecule has 94 valence electrons. The van der Waals surface area contributed by atoms with Crippen molar-refractivity contribution < 1.29 is 14.3 Å². The number of fused-ring (bicyclic) bond motifs is 1. The number of nitrogens with one attached hydrogen (secondary N) is 1. The average Bonchev–Trinajstić information content (AvgIpc) is 2.39. The van der Waals surface area contributed by atoms with E-state index in [9.17, 15) is 4.79 Å². The number of hydrogen-bond acceptors (Lipinski definition) is 4. The summed E-state index contributed by atoms with van der Waals surface area (Å²) in [7, 11) is 1.56. The SMILES string of the molecule is CNC(=O)C1COc2cc(Cl)ccc2O1.CS. The molecule has 0 saturated heterocycles. The van der Waals surface area contributed by atoms with Gasteiger partial charge in [-0.2, -0.15) is 12.6 Å². The van der Waals surface area contributed by atoms with Crippen LogP contribution in [0.25, 0.3) is 0 Å². The summed E-state index contributed by atoms with van der Waals surface area (Å²) in [5, 5.41) is 3.09. The smallest absolute Gasteiger partial charge is 0.264 e. The molecule has 0 saturated carbocycles. The molecule has 0 radical (unpaired) electrons. The number of ether oxygens (including phenoxy) is 2. The summed E-state index contributed by atoms with van der Waals surface area (Å²) >= 11 is 9.32. The number of benzene rings is 1. The summed E-state index contributed by atoms with van der Waals surface area (Å²) in [6.07, 6.45) is 1.10. The van der Waals surface area contributed by atoms with Gasteiger partial charge in [-0.25, -0.2) is 0 Å². The second kappa shape index (κ2) is 6.61. The van der Waals surface area contributed by atoms with Crippen molar-refractivity contribution in [2.75, 3.05) is 19.9 Å². The van der Waals surface area contributed by atoms with E-state index in [-0.39, 0.29) is 12.5 Å². The molecule has 1 aromatic rings. The molecule has 4 nitrogen and oxygen atoms in total. The molecule has 1 N–H and O–H groups in total. The van der Waals surface area contributed by atoms with Gasteiger partial charge in [-0.3, -0.25) is 4.79 Å². The Morgan fingerprint density at radius 3 is 2.82 bits per heavy atom. The average molecular weight is 276 g/mol. The van der Waals surface area contributed by atoms with Crippen molar-refractivity contribution in [2.45, 2.75) is 6.10 Å². The maximum Gasteiger partial charge on any atom is 0.264 e. The van der Waals surface area contributed by atoms with Crippen LogP contribution in [0, 0.1) is 0 Å². The second-order valence-electron chi connectivity index (χ2n) is 3.12. The molecule has 0 aromatic heterocycles. The van der Waals surface area contributed by atoms with E-state index in [1.54, 1.807) is 31.5 Å². The zero-order valence-corrected chi connectivity index (χ0v) is 11.2. The third-order valence-corrected chi connectivity index (χ3v) is 2.34. The molecule has 6 heteroatoms. The first-order chi connectivity index (χ1) is 8.20. The van der Waals surface area contributed by atoms with E-state index in [1.165, 1.54) is 0 Å². The van der Waals surface area contributed by atoms with E-state index in [0.717, 1.165) is 0 Å². The number of carbonyl (C=O) groups excluding carboxylic acids is 1. The zero-order valence-electron chi connectivity index (χ0n) is 9.57. The summed E-state index contributed by atoms with van der Waals surface area (Å²) in [6, 6.07) is 5.04. The van der Waals surface area contributed by atoms with Gasteiger partial charge in [-0.05, 0) is 18.4 Å². The molecule has 0 spiro atoms. The van der Waals surface area contributed by atoms with E-state index >= 15 is 0 Å². The van der Waals surface area contributed by atoms with Gasteiger partial charge < -0.3 is 14.8 Å². The highest BCUT2D eigenvalue weighted by molar-refractivity contribution is 7.79. The first-order valence-electron chi connectivity index (χ1n) is 4.96. The molecule has 1 aromatic carbocycles. The quantitative estimate of drug-likeness (QED) is 0.768. The molecule has 1 heterocycles. The first-order valence-corrected chi connectivity index (χ1v) is 6.23. The van der Waals surface area contributed by atoms with E-state index in [4.69, 9.17) is 21.1 Å². The normalized spacial score (nSPS) is 16.6. The Bertz CT molecular complexity index is 400. The van der Waals surface area contributed by atoms with Crippen molar-refractivity contribution in [1.29, 1.82) is 0 Å². The first kappa shape index (κ1) is 14.0. The van der Waals surface area contributed by atoms with Gasteiger partial charge in [-0.1, -0.05) is 11.6 Å². The molecule has 0 aliphatic carbocycles. The number of hydrogen-bond donors (Lipinski definition) is 2. The van der Waals surface area contributed by atoms with Crippen LogP contribution < -0.4 is 14.8 Å². The Morgan fingerprint density at radius 1 is 1.47 bits per heavy atom. The Balaban J connectivity index is 0.000000686. The van der Waals surface area contributed by atoms with Gasteiger partial charge in [-0.15, -0.1) is 0 Å². The second-order valence-corrected chi connectivity index (χ2v) is 3.56. The molecular formula is C11H14ClNO3S. The molecule has 0 fully saturated rings. The van der Waals surface area contributed by atoms with Gasteiger partial charge in [0.1, 0.15) is 6.61 Å². The summed E-state index contributed by atoms with van der Waals surface area (Å²) in [5.41, 5.74) is 0. The maximum absolute atomic E-state index is 11.3. The molecular weight excluding hydrogens is 262 g/mol. The lowest BCUT2D eigenvalue weighted by Gasteiger charge is -2.25. The minimum atomic E-state index is -0.594. The third-order valence-electron chi connectivity index (χ3n) is 2.10. The fourth-order valence-corrected chi connectivity index (χ4v) is 1.50. The Kier molecular flexibility index (Phi) is 5.44. The molecule has 1 amide bonds. The number of amides is 1. The molecule has 17 heavy (non-hydrogen) atoms. The van der Waals surface area contributed by atoms with Crippen LogP contribution in [0.2, 0.25) is 5.02 Å². The molecule has 1 aliphatic heterocycles. The fraction of sp³-hybridized carbons (Fsp3) is 0.364. The number of thiol groups is 1. The standard InChI is InChI=1S/C10H10ClNO3.CH4S/c1-12-10(13)9-5-14-8-4-6(11)2-3-7(8)15-9;1-2/h2-4,9H,5H2,1H3,(H,12,13);2H,1H3. The van der Waals surface area contributed by atoms with Crippen LogP contribution in [-0.2, 0) is 4.79 Å². The number of halogens is 1. The summed E-state index contributed by atoms with van der Waals surface area (Å²) < 4.78 is 10.8. The Labute approximate surface area is 111 Å². The number of carbonyl (C=O) groups is 1. The van der Waals surface area contributed by atoms with Gasteiger partial charge >= 0.3 is 0 Å². The van der Waals surface area contributed by atoms with E-state index in [0.29, 0.717) is 16.5 Å². The van der Waals surface area contributed by atoms with Gasteiger partial charge in [0.05, 0.1) is 0 Å². The summed E-state index contributed by atoms with van der Waals surface area (Å²) in [6.45, 7) is 0.201. The predicted molar refractivity (Wildman–Crippen MR) is 70.3 cm³/mol. The van der Waals surface area contributed by atoms with Crippen molar-refractivity contribution in [2.24, 2.45) is 0 Å². The molecule has 1 unspecified atom stereocenters. The third kappa shape index (κ3) is 3.44. The highest BCUT2D eigenvalue weighted by Crippen LogP contribution is 2.33.